The number of hydrogen-bond acceptors (Lipinski definition) is 7. The van der Waals surface area contributed by atoms with Gasteiger partial charge in [0.05, 0.1) is 29.0 Å². The van der Waals surface area contributed by atoms with E-state index < -0.39 is 10.6 Å². The Morgan fingerprint density at radius 3 is 2.47 bits per heavy atom. The molecule has 3 aromatic rings. The van der Waals surface area contributed by atoms with Gasteiger partial charge in [-0.3, -0.25) is 4.78 Å². The highest BCUT2D eigenvalue weighted by Gasteiger charge is 2.09. The summed E-state index contributed by atoms with van der Waals surface area (Å²) < 4.78 is 18.5. The minimum absolute atomic E-state index is 0.0512. The first-order chi connectivity index (χ1) is 14.4. The molecule has 0 spiro atoms. The minimum atomic E-state index is -2.12. The Morgan fingerprint density at radius 2 is 1.83 bits per heavy atom. The van der Waals surface area contributed by atoms with Crippen LogP contribution in [0.1, 0.15) is 23.6 Å². The summed E-state index contributed by atoms with van der Waals surface area (Å²) in [5.41, 5.74) is 3.37. The van der Waals surface area contributed by atoms with Crippen molar-refractivity contribution in [2.45, 2.75) is 24.8 Å². The van der Waals surface area contributed by atoms with Gasteiger partial charge in [0.25, 0.3) is 0 Å². The summed E-state index contributed by atoms with van der Waals surface area (Å²) in [7, 11) is -2.12. The first kappa shape index (κ1) is 21.3. The number of aromatic nitrogens is 2. The van der Waals surface area contributed by atoms with Gasteiger partial charge in [0.1, 0.15) is 5.82 Å². The van der Waals surface area contributed by atoms with Crippen LogP contribution in [-0.4, -0.2) is 31.9 Å². The topological polar surface area (TPSA) is 111 Å². The van der Waals surface area contributed by atoms with Crippen LogP contribution < -0.4 is 10.6 Å². The summed E-state index contributed by atoms with van der Waals surface area (Å²) >= 11 is 0. The lowest BCUT2D eigenvalue weighted by Gasteiger charge is -2.14. The molecular weight excluding hydrogens is 398 g/mol. The normalized spacial score (nSPS) is 12.4. The molecule has 1 heterocycles. The largest absolute Gasteiger partial charge is 0.394 e. The van der Waals surface area contributed by atoms with Crippen LogP contribution in [0.25, 0.3) is 0 Å². The Labute approximate surface area is 177 Å². The van der Waals surface area contributed by atoms with Gasteiger partial charge in [-0.2, -0.15) is 4.98 Å². The summed E-state index contributed by atoms with van der Waals surface area (Å²) in [5.74, 6) is 7.06. The zero-order valence-corrected chi connectivity index (χ0v) is 17.6. The second-order valence-electron chi connectivity index (χ2n) is 6.77. The molecule has 154 valence electrons. The van der Waals surface area contributed by atoms with Crippen molar-refractivity contribution in [1.82, 2.24) is 9.97 Å². The van der Waals surface area contributed by atoms with Crippen molar-refractivity contribution in [1.29, 1.82) is 4.78 Å². The molecule has 1 aromatic heterocycles. The molecule has 7 nitrogen and oxygen atoms in total. The fourth-order valence-electron chi connectivity index (χ4n) is 2.51. The molecule has 0 saturated carbocycles. The highest BCUT2D eigenvalue weighted by atomic mass is 32.2. The van der Waals surface area contributed by atoms with E-state index in [-0.39, 0.29) is 12.6 Å². The molecule has 0 aliphatic carbocycles. The molecule has 0 bridgehead atoms. The first-order valence-electron chi connectivity index (χ1n) is 9.33. The molecule has 0 radical (unpaired) electrons. The molecule has 0 fully saturated rings. The summed E-state index contributed by atoms with van der Waals surface area (Å²) in [6, 6.07) is 14.4. The van der Waals surface area contributed by atoms with E-state index in [0.717, 1.165) is 5.56 Å². The maximum atomic E-state index is 11.2. The average Bonchev–Trinajstić information content (AvgIpc) is 2.74. The number of aryl methyl sites for hydroxylation is 1. The zero-order valence-electron chi connectivity index (χ0n) is 16.7. The van der Waals surface area contributed by atoms with Gasteiger partial charge in [0.15, 0.2) is 0 Å². The molecule has 30 heavy (non-hydrogen) atoms. The van der Waals surface area contributed by atoms with Crippen molar-refractivity contribution >= 4 is 28.0 Å². The minimum Gasteiger partial charge on any atom is -0.394 e. The average molecular weight is 422 g/mol. The van der Waals surface area contributed by atoms with Gasteiger partial charge < -0.3 is 15.7 Å². The van der Waals surface area contributed by atoms with Crippen LogP contribution in [-0.2, 0) is 10.6 Å². The fraction of sp³-hybridized carbons (Fsp3) is 0.182. The lowest BCUT2D eigenvalue weighted by molar-refractivity contribution is 0.281. The predicted molar refractivity (Wildman–Crippen MR) is 120 cm³/mol. The molecule has 0 aliphatic rings. The molecule has 8 heteroatoms. The van der Waals surface area contributed by atoms with Crippen LogP contribution in [0.15, 0.2) is 59.6 Å². The van der Waals surface area contributed by atoms with E-state index in [0.29, 0.717) is 27.9 Å². The standard InChI is InChI=1S/C22H23N5O2S/c1-15-3-5-17(6-4-15)7-8-18-13-24-22(27-21(18)25-16(2)14-28)26-19-9-11-20(12-10-19)30(23)29/h3-6,9-13,16,23,28,30H,14H2,1-2H3,(H2,24,25,26,27)/t16-/m1/s1. The highest BCUT2D eigenvalue weighted by Crippen LogP contribution is 2.19. The van der Waals surface area contributed by atoms with E-state index in [2.05, 4.69) is 32.4 Å². The summed E-state index contributed by atoms with van der Waals surface area (Å²) in [4.78, 5) is 9.28. The Bertz CT molecular complexity index is 1140. The number of anilines is 3. The Kier molecular flexibility index (Phi) is 7.01. The van der Waals surface area contributed by atoms with Crippen molar-refractivity contribution in [3.8, 4) is 11.8 Å². The van der Waals surface area contributed by atoms with E-state index in [1.807, 2.05) is 38.1 Å². The molecule has 0 amide bonds. The van der Waals surface area contributed by atoms with Crippen molar-refractivity contribution in [3.05, 3.63) is 71.4 Å². The van der Waals surface area contributed by atoms with E-state index in [1.54, 1.807) is 30.5 Å². The smallest absolute Gasteiger partial charge is 0.229 e. The lowest BCUT2D eigenvalue weighted by atomic mass is 10.1. The van der Waals surface area contributed by atoms with E-state index in [9.17, 15) is 9.32 Å². The molecule has 1 unspecified atom stereocenters. The van der Waals surface area contributed by atoms with Crippen molar-refractivity contribution in [3.63, 3.8) is 0 Å². The van der Waals surface area contributed by atoms with Crippen LogP contribution in [0, 0.1) is 23.5 Å². The van der Waals surface area contributed by atoms with Gasteiger partial charge in [0.2, 0.25) is 5.95 Å². The van der Waals surface area contributed by atoms with Crippen LogP contribution >= 0.6 is 0 Å². The second kappa shape index (κ2) is 9.87. The van der Waals surface area contributed by atoms with Gasteiger partial charge in [-0.1, -0.05) is 29.5 Å². The van der Waals surface area contributed by atoms with Crippen LogP contribution in [0.2, 0.25) is 0 Å². The lowest BCUT2D eigenvalue weighted by Crippen LogP contribution is -2.21. The molecular formula is C22H23N5O2S. The number of benzene rings is 2. The van der Waals surface area contributed by atoms with Crippen LogP contribution in [0.3, 0.4) is 0 Å². The van der Waals surface area contributed by atoms with Crippen molar-refractivity contribution < 1.29 is 9.32 Å². The van der Waals surface area contributed by atoms with Gasteiger partial charge in [-0.05, 0) is 50.2 Å². The SMILES string of the molecule is Cc1ccc(C#Cc2cnc(Nc3ccc([SH](=N)=O)cc3)nc2N[C@H](C)CO)cc1. The molecule has 2 aromatic carbocycles. The van der Waals surface area contributed by atoms with Gasteiger partial charge >= 0.3 is 0 Å². The monoisotopic (exact) mass is 421 g/mol. The zero-order chi connectivity index (χ0) is 21.5. The van der Waals surface area contributed by atoms with E-state index in [4.69, 9.17) is 4.78 Å². The number of aliphatic hydroxyl groups is 1. The second-order valence-corrected chi connectivity index (χ2v) is 7.87. The number of nitrogens with zero attached hydrogens (tertiary/aromatic N) is 2. The summed E-state index contributed by atoms with van der Waals surface area (Å²) in [6.07, 6.45) is 1.62. The molecule has 0 saturated heterocycles. The van der Waals surface area contributed by atoms with Crippen molar-refractivity contribution in [2.24, 2.45) is 0 Å². The van der Waals surface area contributed by atoms with Gasteiger partial charge in [-0.25, -0.2) is 9.19 Å². The third-order valence-corrected chi connectivity index (χ3v) is 4.96. The fourth-order valence-corrected chi connectivity index (χ4v) is 2.93. The number of thiol groups is 1. The predicted octanol–water partition coefficient (Wildman–Crippen LogP) is 3.32. The van der Waals surface area contributed by atoms with Crippen LogP contribution in [0.4, 0.5) is 17.5 Å². The van der Waals surface area contributed by atoms with Gasteiger partial charge in [0, 0.05) is 22.2 Å². The molecule has 0 aliphatic heterocycles. The van der Waals surface area contributed by atoms with Gasteiger partial charge in [-0.15, -0.1) is 0 Å². The Hall–Kier alpha value is -3.41. The number of rotatable bonds is 6. The highest BCUT2D eigenvalue weighted by molar-refractivity contribution is 7.73. The van der Waals surface area contributed by atoms with Crippen LogP contribution in [0.5, 0.6) is 0 Å². The third kappa shape index (κ3) is 5.80. The number of aliphatic hydroxyl groups excluding tert-OH is 1. The summed E-state index contributed by atoms with van der Waals surface area (Å²) in [6.45, 7) is 3.81. The number of nitrogens with one attached hydrogen (secondary N) is 3. The quantitative estimate of drug-likeness (QED) is 0.308. The van der Waals surface area contributed by atoms with E-state index >= 15 is 0 Å². The van der Waals surface area contributed by atoms with Crippen molar-refractivity contribution in [2.75, 3.05) is 17.2 Å². The number of hydrogen-bond donors (Lipinski definition) is 5. The molecule has 3 rings (SSSR count). The Morgan fingerprint density at radius 1 is 1.13 bits per heavy atom. The Balaban J connectivity index is 1.87. The maximum absolute atomic E-state index is 11.2. The first-order valence-corrected chi connectivity index (χ1v) is 10.6. The molecule has 4 N–H and O–H groups in total. The third-order valence-electron chi connectivity index (χ3n) is 4.20. The van der Waals surface area contributed by atoms with E-state index in [1.165, 1.54) is 5.56 Å². The molecule has 2 atom stereocenters. The summed E-state index contributed by atoms with van der Waals surface area (Å²) in [5, 5.41) is 15.6. The maximum Gasteiger partial charge on any atom is 0.229 e.